The lowest BCUT2D eigenvalue weighted by Gasteiger charge is -2.13. The summed E-state index contributed by atoms with van der Waals surface area (Å²) in [5, 5.41) is 4.67. The van der Waals surface area contributed by atoms with Crippen molar-refractivity contribution in [1.82, 2.24) is 0 Å². The number of para-hydroxylation sites is 1. The van der Waals surface area contributed by atoms with Crippen molar-refractivity contribution in [3.8, 4) is 11.1 Å². The molecule has 1 unspecified atom stereocenters. The van der Waals surface area contributed by atoms with E-state index in [4.69, 9.17) is 11.2 Å². The van der Waals surface area contributed by atoms with E-state index in [-0.39, 0.29) is 0 Å². The Labute approximate surface area is 115 Å². The lowest BCUT2D eigenvalue weighted by atomic mass is 10.0. The van der Waals surface area contributed by atoms with Crippen LogP contribution in [0.15, 0.2) is 48.5 Å². The second-order valence-electron chi connectivity index (χ2n) is 4.11. The SMILES string of the molecule is CCCNc1ccccc1-c1ccccc1PCl. The number of rotatable bonds is 5. The first-order valence-electron chi connectivity index (χ1n) is 6.15. The molecular weight excluding hydrogens is 261 g/mol. The van der Waals surface area contributed by atoms with E-state index in [9.17, 15) is 0 Å². The predicted octanol–water partition coefficient (Wildman–Crippen LogP) is 4.63. The van der Waals surface area contributed by atoms with Gasteiger partial charge in [0, 0.05) is 25.7 Å². The van der Waals surface area contributed by atoms with E-state index >= 15 is 0 Å². The lowest BCUT2D eigenvalue weighted by Crippen LogP contribution is -2.04. The van der Waals surface area contributed by atoms with E-state index in [0.29, 0.717) is 7.93 Å². The molecule has 0 saturated heterocycles. The fourth-order valence-corrected chi connectivity index (χ4v) is 2.91. The highest BCUT2D eigenvalue weighted by Gasteiger charge is 2.07. The number of anilines is 1. The van der Waals surface area contributed by atoms with Gasteiger partial charge >= 0.3 is 0 Å². The van der Waals surface area contributed by atoms with Gasteiger partial charge < -0.3 is 5.32 Å². The minimum atomic E-state index is 0.298. The van der Waals surface area contributed by atoms with Gasteiger partial charge in [-0.3, -0.25) is 0 Å². The molecule has 0 saturated carbocycles. The Morgan fingerprint density at radius 2 is 1.67 bits per heavy atom. The highest BCUT2D eigenvalue weighted by Crippen LogP contribution is 2.31. The van der Waals surface area contributed by atoms with Crippen LogP contribution in [0.3, 0.4) is 0 Å². The van der Waals surface area contributed by atoms with Gasteiger partial charge in [-0.1, -0.05) is 60.6 Å². The molecule has 18 heavy (non-hydrogen) atoms. The molecule has 0 amide bonds. The Bertz CT molecular complexity index is 513. The van der Waals surface area contributed by atoms with Crippen molar-refractivity contribution >= 4 is 30.2 Å². The summed E-state index contributed by atoms with van der Waals surface area (Å²) in [6, 6.07) is 16.7. The zero-order valence-electron chi connectivity index (χ0n) is 10.4. The summed E-state index contributed by atoms with van der Waals surface area (Å²) in [5.41, 5.74) is 3.64. The number of hydrogen-bond acceptors (Lipinski definition) is 1. The van der Waals surface area contributed by atoms with Gasteiger partial charge in [0.1, 0.15) is 0 Å². The third-order valence-electron chi connectivity index (χ3n) is 2.81. The van der Waals surface area contributed by atoms with Gasteiger partial charge in [-0.15, -0.1) is 0 Å². The molecule has 1 nitrogen and oxygen atoms in total. The first-order chi connectivity index (χ1) is 8.86. The van der Waals surface area contributed by atoms with Gasteiger partial charge in [-0.05, 0) is 23.4 Å². The lowest BCUT2D eigenvalue weighted by molar-refractivity contribution is 0.980. The molecule has 1 atom stereocenters. The molecule has 0 heterocycles. The predicted molar refractivity (Wildman–Crippen MR) is 84.5 cm³/mol. The van der Waals surface area contributed by atoms with Crippen molar-refractivity contribution in [2.24, 2.45) is 0 Å². The standard InChI is InChI=1S/C15H17ClNP/c1-2-11-17-14-9-5-3-7-12(14)13-8-4-6-10-15(13)18-16/h3-10,17-18H,2,11H2,1H3. The van der Waals surface area contributed by atoms with Gasteiger partial charge in [0.25, 0.3) is 0 Å². The fourth-order valence-electron chi connectivity index (χ4n) is 1.93. The summed E-state index contributed by atoms with van der Waals surface area (Å²) in [6.07, 6.45) is 1.12. The number of benzene rings is 2. The maximum atomic E-state index is 6.05. The molecule has 0 bridgehead atoms. The molecule has 2 rings (SSSR count). The molecule has 0 fully saturated rings. The molecule has 1 N–H and O–H groups in total. The summed E-state index contributed by atoms with van der Waals surface area (Å²) < 4.78 is 0. The van der Waals surface area contributed by atoms with Crippen LogP contribution < -0.4 is 10.6 Å². The molecule has 0 radical (unpaired) electrons. The molecule has 2 aromatic rings. The summed E-state index contributed by atoms with van der Waals surface area (Å²) in [4.78, 5) is 0. The Kier molecular flexibility index (Phi) is 5.04. The van der Waals surface area contributed by atoms with Crippen LogP contribution in [0.5, 0.6) is 0 Å². The van der Waals surface area contributed by atoms with Crippen LogP contribution in [0, 0.1) is 0 Å². The Morgan fingerprint density at radius 3 is 2.39 bits per heavy atom. The minimum Gasteiger partial charge on any atom is -0.385 e. The molecule has 0 spiro atoms. The second kappa shape index (κ2) is 6.78. The fraction of sp³-hybridized carbons (Fsp3) is 0.200. The van der Waals surface area contributed by atoms with E-state index in [0.717, 1.165) is 13.0 Å². The van der Waals surface area contributed by atoms with E-state index in [2.05, 4.69) is 54.7 Å². The van der Waals surface area contributed by atoms with Crippen LogP contribution in [0.4, 0.5) is 5.69 Å². The molecular formula is C15H17ClNP. The van der Waals surface area contributed by atoms with E-state index in [1.54, 1.807) is 0 Å². The van der Waals surface area contributed by atoms with Crippen LogP contribution in [0.25, 0.3) is 11.1 Å². The molecule has 0 aromatic heterocycles. The second-order valence-corrected chi connectivity index (χ2v) is 5.41. The van der Waals surface area contributed by atoms with Gasteiger partial charge in [0.05, 0.1) is 0 Å². The number of halogens is 1. The van der Waals surface area contributed by atoms with E-state index in [1.165, 1.54) is 22.1 Å². The summed E-state index contributed by atoms with van der Waals surface area (Å²) in [5.74, 6) is 0. The maximum Gasteiger partial charge on any atom is 0.0420 e. The summed E-state index contributed by atoms with van der Waals surface area (Å²) in [7, 11) is 0.298. The van der Waals surface area contributed by atoms with Crippen LogP contribution in [0.2, 0.25) is 0 Å². The number of hydrogen-bond donors (Lipinski definition) is 1. The minimum absolute atomic E-state index is 0.298. The number of nitrogens with one attached hydrogen (secondary N) is 1. The van der Waals surface area contributed by atoms with Gasteiger partial charge in [-0.25, -0.2) is 0 Å². The van der Waals surface area contributed by atoms with Crippen molar-refractivity contribution in [1.29, 1.82) is 0 Å². The Balaban J connectivity index is 2.43. The monoisotopic (exact) mass is 277 g/mol. The summed E-state index contributed by atoms with van der Waals surface area (Å²) >= 11 is 6.05. The first kappa shape index (κ1) is 13.4. The topological polar surface area (TPSA) is 12.0 Å². The van der Waals surface area contributed by atoms with Crippen molar-refractivity contribution in [3.63, 3.8) is 0 Å². The summed E-state index contributed by atoms with van der Waals surface area (Å²) in [6.45, 7) is 3.16. The Hall–Kier alpha value is -1.04. The van der Waals surface area contributed by atoms with Crippen LogP contribution >= 0.6 is 19.2 Å². The normalized spacial score (nSPS) is 11.0. The average Bonchev–Trinajstić information content (AvgIpc) is 2.45. The molecule has 0 aliphatic carbocycles. The zero-order chi connectivity index (χ0) is 12.8. The molecule has 0 aliphatic heterocycles. The van der Waals surface area contributed by atoms with Crippen molar-refractivity contribution in [2.45, 2.75) is 13.3 Å². The van der Waals surface area contributed by atoms with Crippen molar-refractivity contribution in [3.05, 3.63) is 48.5 Å². The van der Waals surface area contributed by atoms with Crippen LogP contribution in [0.1, 0.15) is 13.3 Å². The smallest absolute Gasteiger partial charge is 0.0420 e. The quantitative estimate of drug-likeness (QED) is 0.786. The van der Waals surface area contributed by atoms with Crippen LogP contribution in [-0.2, 0) is 0 Å². The molecule has 0 aliphatic rings. The maximum absolute atomic E-state index is 6.05. The first-order valence-corrected chi connectivity index (χ1v) is 8.17. The molecule has 2 aromatic carbocycles. The third-order valence-corrected chi connectivity index (χ3v) is 4.06. The largest absolute Gasteiger partial charge is 0.385 e. The molecule has 3 heteroatoms. The van der Waals surface area contributed by atoms with Crippen LogP contribution in [-0.4, -0.2) is 6.54 Å². The van der Waals surface area contributed by atoms with Crippen molar-refractivity contribution < 1.29 is 0 Å². The Morgan fingerprint density at radius 1 is 1.00 bits per heavy atom. The van der Waals surface area contributed by atoms with Gasteiger partial charge in [0.2, 0.25) is 0 Å². The molecule has 94 valence electrons. The van der Waals surface area contributed by atoms with E-state index < -0.39 is 0 Å². The average molecular weight is 278 g/mol. The van der Waals surface area contributed by atoms with Gasteiger partial charge in [0.15, 0.2) is 0 Å². The highest BCUT2D eigenvalue weighted by atomic mass is 35.7. The highest BCUT2D eigenvalue weighted by molar-refractivity contribution is 7.75. The third kappa shape index (κ3) is 3.04. The van der Waals surface area contributed by atoms with E-state index in [1.807, 2.05) is 6.07 Å². The van der Waals surface area contributed by atoms with Gasteiger partial charge in [-0.2, -0.15) is 0 Å². The van der Waals surface area contributed by atoms with Crippen molar-refractivity contribution in [2.75, 3.05) is 11.9 Å². The zero-order valence-corrected chi connectivity index (χ0v) is 12.2.